The van der Waals surface area contributed by atoms with Gasteiger partial charge in [-0.15, -0.1) is 5.10 Å². The number of sulfone groups is 1. The SMILES string of the molecule is Cc1cccc(C(C)C)c1Nc1cnnc(N(C)C2CCS(=O)(=O)C2)n1. The summed E-state index contributed by atoms with van der Waals surface area (Å²) in [6.45, 7) is 6.36. The Bertz CT molecular complexity index is 898. The minimum atomic E-state index is -2.96. The molecule has 2 heterocycles. The Balaban J connectivity index is 1.85. The van der Waals surface area contributed by atoms with E-state index in [0.717, 1.165) is 11.3 Å². The van der Waals surface area contributed by atoms with Gasteiger partial charge in [0.05, 0.1) is 17.7 Å². The van der Waals surface area contributed by atoms with E-state index in [0.29, 0.717) is 24.1 Å². The molecular weight excluding hydrogens is 350 g/mol. The normalized spacial score (nSPS) is 18.9. The zero-order valence-electron chi connectivity index (χ0n) is 15.6. The molecular formula is C18H25N5O2S. The van der Waals surface area contributed by atoms with Crippen molar-refractivity contribution >= 4 is 27.3 Å². The minimum absolute atomic E-state index is 0.110. The van der Waals surface area contributed by atoms with Gasteiger partial charge in [-0.1, -0.05) is 32.0 Å². The summed E-state index contributed by atoms with van der Waals surface area (Å²) >= 11 is 0. The van der Waals surface area contributed by atoms with Gasteiger partial charge >= 0.3 is 0 Å². The molecule has 3 rings (SSSR count). The van der Waals surface area contributed by atoms with Crippen molar-refractivity contribution in [3.63, 3.8) is 0 Å². The fourth-order valence-corrected chi connectivity index (χ4v) is 4.99. The standard InChI is InChI=1S/C18H25N5O2S/c1-12(2)15-7-5-6-13(3)17(15)20-16-10-19-22-18(21-16)23(4)14-8-9-26(24,25)11-14/h5-7,10,12,14H,8-9,11H2,1-4H3,(H,20,21,22). The molecule has 1 aromatic carbocycles. The van der Waals surface area contributed by atoms with Gasteiger partial charge in [-0.25, -0.2) is 8.42 Å². The number of nitrogens with zero attached hydrogens (tertiary/aromatic N) is 4. The van der Waals surface area contributed by atoms with Crippen molar-refractivity contribution in [2.45, 2.75) is 39.2 Å². The van der Waals surface area contributed by atoms with Gasteiger partial charge in [-0.2, -0.15) is 10.1 Å². The van der Waals surface area contributed by atoms with Gasteiger partial charge in [0.2, 0.25) is 5.95 Å². The average Bonchev–Trinajstić information content (AvgIpc) is 2.96. The van der Waals surface area contributed by atoms with Crippen molar-refractivity contribution in [1.29, 1.82) is 0 Å². The molecule has 0 amide bonds. The topological polar surface area (TPSA) is 88.1 Å². The van der Waals surface area contributed by atoms with E-state index in [1.165, 1.54) is 5.56 Å². The number of rotatable bonds is 5. The van der Waals surface area contributed by atoms with E-state index in [1.54, 1.807) is 6.20 Å². The molecule has 0 aliphatic carbocycles. The van der Waals surface area contributed by atoms with Crippen LogP contribution in [0.4, 0.5) is 17.5 Å². The van der Waals surface area contributed by atoms with Crippen LogP contribution in [-0.2, 0) is 9.84 Å². The van der Waals surface area contributed by atoms with Crippen molar-refractivity contribution in [1.82, 2.24) is 15.2 Å². The van der Waals surface area contributed by atoms with Crippen LogP contribution < -0.4 is 10.2 Å². The maximum Gasteiger partial charge on any atom is 0.247 e. The fourth-order valence-electron chi connectivity index (χ4n) is 3.22. The van der Waals surface area contributed by atoms with E-state index in [2.05, 4.69) is 53.4 Å². The number of aromatic nitrogens is 3. The first-order valence-corrected chi connectivity index (χ1v) is 10.6. The minimum Gasteiger partial charge on any atom is -0.338 e. The van der Waals surface area contributed by atoms with Crippen LogP contribution in [0, 0.1) is 6.92 Å². The lowest BCUT2D eigenvalue weighted by atomic mass is 9.98. The highest BCUT2D eigenvalue weighted by Gasteiger charge is 2.32. The molecule has 2 aromatic rings. The molecule has 26 heavy (non-hydrogen) atoms. The lowest BCUT2D eigenvalue weighted by Gasteiger charge is -2.23. The molecule has 1 aliphatic heterocycles. The first-order chi connectivity index (χ1) is 12.3. The molecule has 1 fully saturated rings. The van der Waals surface area contributed by atoms with E-state index in [1.807, 2.05) is 18.0 Å². The van der Waals surface area contributed by atoms with Crippen LogP contribution in [0.25, 0.3) is 0 Å². The summed E-state index contributed by atoms with van der Waals surface area (Å²) < 4.78 is 23.5. The van der Waals surface area contributed by atoms with Crippen molar-refractivity contribution in [2.75, 3.05) is 28.8 Å². The largest absolute Gasteiger partial charge is 0.338 e. The van der Waals surface area contributed by atoms with Gasteiger partial charge in [0.25, 0.3) is 0 Å². The Hall–Kier alpha value is -2.22. The van der Waals surface area contributed by atoms with Gasteiger partial charge in [0.1, 0.15) is 0 Å². The molecule has 0 radical (unpaired) electrons. The van der Waals surface area contributed by atoms with E-state index in [9.17, 15) is 8.42 Å². The average molecular weight is 375 g/mol. The zero-order valence-corrected chi connectivity index (χ0v) is 16.4. The molecule has 8 heteroatoms. The Labute approximate surface area is 154 Å². The molecule has 1 aromatic heterocycles. The molecule has 0 bridgehead atoms. The lowest BCUT2D eigenvalue weighted by molar-refractivity contribution is 0.600. The second-order valence-corrected chi connectivity index (χ2v) is 9.36. The van der Waals surface area contributed by atoms with E-state index < -0.39 is 9.84 Å². The molecule has 1 unspecified atom stereocenters. The number of hydrogen-bond donors (Lipinski definition) is 1. The van der Waals surface area contributed by atoms with Crippen LogP contribution in [0.3, 0.4) is 0 Å². The van der Waals surface area contributed by atoms with Gasteiger partial charge in [-0.3, -0.25) is 0 Å². The second kappa shape index (κ2) is 7.19. The lowest BCUT2D eigenvalue weighted by Crippen LogP contribution is -2.34. The smallest absolute Gasteiger partial charge is 0.247 e. The number of hydrogen-bond acceptors (Lipinski definition) is 7. The molecule has 1 aliphatic rings. The van der Waals surface area contributed by atoms with E-state index in [-0.39, 0.29) is 17.5 Å². The Morgan fingerprint density at radius 2 is 2.08 bits per heavy atom. The van der Waals surface area contributed by atoms with Crippen LogP contribution >= 0.6 is 0 Å². The van der Waals surface area contributed by atoms with Crippen LogP contribution in [0.1, 0.15) is 37.3 Å². The number of nitrogens with one attached hydrogen (secondary N) is 1. The van der Waals surface area contributed by atoms with Crippen molar-refractivity contribution in [3.05, 3.63) is 35.5 Å². The first-order valence-electron chi connectivity index (χ1n) is 8.76. The summed E-state index contributed by atoms with van der Waals surface area (Å²) in [5.74, 6) is 1.75. The monoisotopic (exact) mass is 375 g/mol. The molecule has 0 saturated carbocycles. The van der Waals surface area contributed by atoms with Crippen LogP contribution in [0.15, 0.2) is 24.4 Å². The van der Waals surface area contributed by atoms with Crippen molar-refractivity contribution in [2.24, 2.45) is 0 Å². The third-order valence-corrected chi connectivity index (χ3v) is 6.55. The van der Waals surface area contributed by atoms with Gasteiger partial charge in [0, 0.05) is 18.8 Å². The van der Waals surface area contributed by atoms with Crippen LogP contribution in [0.2, 0.25) is 0 Å². The second-order valence-electron chi connectivity index (χ2n) is 7.13. The molecule has 1 atom stereocenters. The molecule has 7 nitrogen and oxygen atoms in total. The number of aryl methyl sites for hydroxylation is 1. The highest BCUT2D eigenvalue weighted by molar-refractivity contribution is 7.91. The summed E-state index contributed by atoms with van der Waals surface area (Å²) in [6.07, 6.45) is 2.18. The highest BCUT2D eigenvalue weighted by atomic mass is 32.2. The Morgan fingerprint density at radius 1 is 1.31 bits per heavy atom. The number of para-hydroxylation sites is 1. The maximum atomic E-state index is 11.7. The van der Waals surface area contributed by atoms with E-state index >= 15 is 0 Å². The van der Waals surface area contributed by atoms with Crippen molar-refractivity contribution < 1.29 is 8.42 Å². The third-order valence-electron chi connectivity index (χ3n) is 4.80. The predicted octanol–water partition coefficient (Wildman–Crippen LogP) is 2.67. The van der Waals surface area contributed by atoms with Gasteiger partial charge in [-0.05, 0) is 30.4 Å². The van der Waals surface area contributed by atoms with E-state index in [4.69, 9.17) is 0 Å². The summed E-state index contributed by atoms with van der Waals surface area (Å²) in [4.78, 5) is 6.36. The Morgan fingerprint density at radius 3 is 2.73 bits per heavy atom. The molecule has 1 saturated heterocycles. The summed E-state index contributed by atoms with van der Waals surface area (Å²) in [7, 11) is -1.14. The van der Waals surface area contributed by atoms with Crippen LogP contribution in [-0.4, -0.2) is 48.2 Å². The Kier molecular flexibility index (Phi) is 5.13. The van der Waals surface area contributed by atoms with Gasteiger partial charge in [0.15, 0.2) is 15.7 Å². The molecule has 1 N–H and O–H groups in total. The summed E-state index contributed by atoms with van der Waals surface area (Å²) in [6, 6.07) is 6.10. The quantitative estimate of drug-likeness (QED) is 0.859. The summed E-state index contributed by atoms with van der Waals surface area (Å²) in [5, 5.41) is 11.5. The van der Waals surface area contributed by atoms with Gasteiger partial charge < -0.3 is 10.2 Å². The third kappa shape index (κ3) is 3.95. The highest BCUT2D eigenvalue weighted by Crippen LogP contribution is 2.30. The van der Waals surface area contributed by atoms with Crippen molar-refractivity contribution in [3.8, 4) is 0 Å². The number of benzene rings is 1. The maximum absolute atomic E-state index is 11.7. The molecule has 140 valence electrons. The summed E-state index contributed by atoms with van der Waals surface area (Å²) in [5.41, 5.74) is 3.37. The first kappa shape index (κ1) is 18.6. The number of anilines is 3. The zero-order chi connectivity index (χ0) is 18.9. The predicted molar refractivity (Wildman–Crippen MR) is 104 cm³/mol. The fraction of sp³-hybridized carbons (Fsp3) is 0.500. The van der Waals surface area contributed by atoms with Crippen LogP contribution in [0.5, 0.6) is 0 Å². The molecule has 0 spiro atoms.